The van der Waals surface area contributed by atoms with Crippen molar-refractivity contribution in [1.29, 1.82) is 0 Å². The van der Waals surface area contributed by atoms with Crippen LogP contribution in [0.15, 0.2) is 96.8 Å². The fraction of sp³-hybridized carbons (Fsp3) is 0.111. The minimum absolute atomic E-state index is 0.243. The Bertz CT molecular complexity index is 1230. The van der Waals surface area contributed by atoms with Crippen LogP contribution < -0.4 is 5.32 Å². The number of aromatic nitrogens is 1. The second-order valence-electron chi connectivity index (χ2n) is 7.61. The second kappa shape index (κ2) is 9.90. The van der Waals surface area contributed by atoms with E-state index < -0.39 is 12.1 Å². The number of carbonyl (C=O) groups is 1. The maximum atomic E-state index is 11.1. The van der Waals surface area contributed by atoms with E-state index in [1.165, 1.54) is 0 Å². The van der Waals surface area contributed by atoms with Crippen LogP contribution in [-0.2, 0) is 0 Å². The Morgan fingerprint density at radius 2 is 1.75 bits per heavy atom. The number of carboxylic acid groups (broad SMARTS) is 1. The molecule has 0 aliphatic carbocycles. The largest absolute Gasteiger partial charge is 0.478 e. The monoisotopic (exact) mass is 424 g/mol. The normalized spacial score (nSPS) is 12.5. The third kappa shape index (κ3) is 5.20. The van der Waals surface area contributed by atoms with Gasteiger partial charge in [-0.05, 0) is 51.7 Å². The molecule has 0 aliphatic heterocycles. The van der Waals surface area contributed by atoms with Gasteiger partial charge in [-0.1, -0.05) is 60.7 Å². The van der Waals surface area contributed by atoms with Crippen LogP contribution in [0.5, 0.6) is 0 Å². The minimum atomic E-state index is -0.953. The van der Waals surface area contributed by atoms with Gasteiger partial charge in [0, 0.05) is 25.4 Å². The van der Waals surface area contributed by atoms with E-state index in [0.29, 0.717) is 13.0 Å². The molecular formula is C27H24N2O3. The van der Waals surface area contributed by atoms with E-state index in [9.17, 15) is 9.90 Å². The Kier molecular flexibility index (Phi) is 6.58. The van der Waals surface area contributed by atoms with E-state index in [1.807, 2.05) is 60.7 Å². The lowest BCUT2D eigenvalue weighted by Crippen LogP contribution is -2.09. The molecule has 1 unspecified atom stereocenters. The number of anilines is 1. The van der Waals surface area contributed by atoms with Gasteiger partial charge in [-0.15, -0.1) is 0 Å². The van der Waals surface area contributed by atoms with Gasteiger partial charge in [0.05, 0.1) is 17.4 Å². The number of benzene rings is 3. The fourth-order valence-electron chi connectivity index (χ4n) is 3.72. The van der Waals surface area contributed by atoms with Gasteiger partial charge in [0.1, 0.15) is 0 Å². The number of nitrogens with one attached hydrogen (secondary N) is 1. The van der Waals surface area contributed by atoms with Crippen LogP contribution in [0.25, 0.3) is 16.8 Å². The predicted octanol–water partition coefficient (Wildman–Crippen LogP) is 5.55. The van der Waals surface area contributed by atoms with Crippen molar-refractivity contribution >= 4 is 28.5 Å². The first-order valence-corrected chi connectivity index (χ1v) is 10.4. The quantitative estimate of drug-likeness (QED) is 0.345. The molecule has 0 radical (unpaired) electrons. The third-order valence-corrected chi connectivity index (χ3v) is 5.35. The van der Waals surface area contributed by atoms with Crippen LogP contribution in [-0.4, -0.2) is 27.7 Å². The number of hydrogen-bond donors (Lipinski definition) is 3. The summed E-state index contributed by atoms with van der Waals surface area (Å²) in [5.74, 6) is -0.953. The van der Waals surface area contributed by atoms with E-state index >= 15 is 0 Å². The highest BCUT2D eigenvalue weighted by atomic mass is 16.4. The molecule has 0 saturated carbocycles. The lowest BCUT2D eigenvalue weighted by molar-refractivity contribution is 0.0697. The number of carboxylic acids is 1. The first kappa shape index (κ1) is 21.3. The van der Waals surface area contributed by atoms with Gasteiger partial charge in [0.15, 0.2) is 0 Å². The highest BCUT2D eigenvalue weighted by Crippen LogP contribution is 2.29. The van der Waals surface area contributed by atoms with Crippen molar-refractivity contribution in [2.75, 3.05) is 11.9 Å². The van der Waals surface area contributed by atoms with E-state index in [2.05, 4.69) is 10.3 Å². The number of aliphatic hydroxyl groups is 1. The fourth-order valence-corrected chi connectivity index (χ4v) is 3.72. The summed E-state index contributed by atoms with van der Waals surface area (Å²) in [5.41, 5.74) is 3.88. The van der Waals surface area contributed by atoms with Crippen LogP contribution >= 0.6 is 0 Å². The lowest BCUT2D eigenvalue weighted by atomic mass is 9.95. The smallest absolute Gasteiger partial charge is 0.335 e. The molecule has 160 valence electrons. The Morgan fingerprint density at radius 1 is 0.969 bits per heavy atom. The van der Waals surface area contributed by atoms with Crippen LogP contribution in [0.1, 0.15) is 34.0 Å². The van der Waals surface area contributed by atoms with Gasteiger partial charge >= 0.3 is 5.97 Å². The number of aliphatic hydroxyl groups excluding tert-OH is 1. The first-order valence-electron chi connectivity index (χ1n) is 10.4. The average Bonchev–Trinajstić information content (AvgIpc) is 2.83. The Morgan fingerprint density at radius 3 is 2.50 bits per heavy atom. The molecule has 0 spiro atoms. The van der Waals surface area contributed by atoms with Crippen molar-refractivity contribution in [3.63, 3.8) is 0 Å². The van der Waals surface area contributed by atoms with Crippen molar-refractivity contribution in [2.24, 2.45) is 0 Å². The second-order valence-corrected chi connectivity index (χ2v) is 7.61. The molecule has 32 heavy (non-hydrogen) atoms. The summed E-state index contributed by atoms with van der Waals surface area (Å²) >= 11 is 0. The molecule has 3 aromatic carbocycles. The van der Waals surface area contributed by atoms with Crippen molar-refractivity contribution in [1.82, 2.24) is 4.98 Å². The summed E-state index contributed by atoms with van der Waals surface area (Å²) in [6, 6.07) is 24.5. The molecule has 5 nitrogen and oxygen atoms in total. The third-order valence-electron chi connectivity index (χ3n) is 5.35. The van der Waals surface area contributed by atoms with Crippen molar-refractivity contribution in [3.8, 4) is 0 Å². The number of hydrogen-bond acceptors (Lipinski definition) is 4. The Balaban J connectivity index is 1.61. The van der Waals surface area contributed by atoms with Crippen molar-refractivity contribution in [3.05, 3.63) is 114 Å². The molecular weight excluding hydrogens is 400 g/mol. The highest BCUT2D eigenvalue weighted by molar-refractivity contribution is 5.88. The molecule has 0 saturated heterocycles. The highest BCUT2D eigenvalue weighted by Gasteiger charge is 2.14. The van der Waals surface area contributed by atoms with E-state index in [0.717, 1.165) is 33.2 Å². The molecule has 5 heteroatoms. The molecule has 4 aromatic rings. The first-order chi connectivity index (χ1) is 15.6. The lowest BCUT2D eigenvalue weighted by Gasteiger charge is -2.17. The van der Waals surface area contributed by atoms with Gasteiger partial charge in [0.25, 0.3) is 0 Å². The Hall–Kier alpha value is -3.96. The zero-order valence-corrected chi connectivity index (χ0v) is 17.5. The van der Waals surface area contributed by atoms with Gasteiger partial charge in [-0.3, -0.25) is 4.98 Å². The molecule has 1 atom stereocenters. The SMILES string of the molecule is O=C(O)c1ccc(C=C(CNc2cccnc2)CC(O)c2cccc3ccccc23)cc1. The van der Waals surface area contributed by atoms with E-state index in [4.69, 9.17) is 5.11 Å². The topological polar surface area (TPSA) is 82.5 Å². The standard InChI is InChI=1S/C27H24N2O3/c30-26(25-9-3-6-21-5-1-2-8-24(21)25)16-20(17-29-23-7-4-14-28-18-23)15-19-10-12-22(13-11-19)27(31)32/h1-15,18,26,29-30H,16-17H2,(H,31,32). The maximum Gasteiger partial charge on any atom is 0.335 e. The van der Waals surface area contributed by atoms with Crippen LogP contribution in [0.2, 0.25) is 0 Å². The van der Waals surface area contributed by atoms with E-state index in [1.54, 1.807) is 36.7 Å². The van der Waals surface area contributed by atoms with Gasteiger partial charge in [-0.2, -0.15) is 0 Å². The summed E-state index contributed by atoms with van der Waals surface area (Å²) in [6.45, 7) is 0.522. The molecule has 0 aliphatic rings. The van der Waals surface area contributed by atoms with Crippen LogP contribution in [0, 0.1) is 0 Å². The molecule has 0 fully saturated rings. The number of aromatic carboxylic acids is 1. The van der Waals surface area contributed by atoms with Crippen molar-refractivity contribution in [2.45, 2.75) is 12.5 Å². The predicted molar refractivity (Wildman–Crippen MR) is 128 cm³/mol. The van der Waals surface area contributed by atoms with Gasteiger partial charge in [0.2, 0.25) is 0 Å². The number of nitrogens with zero attached hydrogens (tertiary/aromatic N) is 1. The number of fused-ring (bicyclic) bond motifs is 1. The molecule has 1 aromatic heterocycles. The summed E-state index contributed by atoms with van der Waals surface area (Å²) < 4.78 is 0. The molecule has 0 amide bonds. The summed E-state index contributed by atoms with van der Waals surface area (Å²) in [6.07, 6.45) is 5.21. The number of rotatable bonds is 8. The number of pyridine rings is 1. The van der Waals surface area contributed by atoms with Crippen molar-refractivity contribution < 1.29 is 15.0 Å². The Labute approximate surface area is 186 Å². The average molecular weight is 425 g/mol. The van der Waals surface area contributed by atoms with Crippen LogP contribution in [0.4, 0.5) is 5.69 Å². The summed E-state index contributed by atoms with van der Waals surface area (Å²) in [7, 11) is 0. The maximum absolute atomic E-state index is 11.1. The van der Waals surface area contributed by atoms with Gasteiger partial charge in [-0.25, -0.2) is 4.79 Å². The molecule has 1 heterocycles. The van der Waals surface area contributed by atoms with Gasteiger partial charge < -0.3 is 15.5 Å². The summed E-state index contributed by atoms with van der Waals surface area (Å²) in [4.78, 5) is 15.3. The summed E-state index contributed by atoms with van der Waals surface area (Å²) in [5, 5.41) is 25.7. The molecule has 0 bridgehead atoms. The minimum Gasteiger partial charge on any atom is -0.478 e. The zero-order chi connectivity index (χ0) is 22.3. The zero-order valence-electron chi connectivity index (χ0n) is 17.5. The van der Waals surface area contributed by atoms with Crippen LogP contribution in [0.3, 0.4) is 0 Å². The molecule has 4 rings (SSSR count). The molecule has 3 N–H and O–H groups in total. The van der Waals surface area contributed by atoms with E-state index in [-0.39, 0.29) is 5.56 Å².